The third-order valence-electron chi connectivity index (χ3n) is 6.90. The highest BCUT2D eigenvalue weighted by molar-refractivity contribution is 5.88. The van der Waals surface area contributed by atoms with Gasteiger partial charge in [0.25, 0.3) is 0 Å². The van der Waals surface area contributed by atoms with E-state index >= 15 is 0 Å². The van der Waals surface area contributed by atoms with Crippen molar-refractivity contribution in [2.75, 3.05) is 26.3 Å². The highest BCUT2D eigenvalue weighted by Crippen LogP contribution is 2.44. The van der Waals surface area contributed by atoms with E-state index in [9.17, 15) is 9.18 Å². The van der Waals surface area contributed by atoms with E-state index in [-0.39, 0.29) is 17.6 Å². The lowest BCUT2D eigenvalue weighted by molar-refractivity contribution is -0.138. The van der Waals surface area contributed by atoms with Crippen LogP contribution in [-0.2, 0) is 21.4 Å². The highest BCUT2D eigenvalue weighted by atomic mass is 19.1. The van der Waals surface area contributed by atoms with Crippen molar-refractivity contribution in [3.05, 3.63) is 72.1 Å². The molecular weight excluding hydrogens is 393 g/mol. The Hall–Kier alpha value is -2.73. The minimum atomic E-state index is -0.750. The zero-order valence-corrected chi connectivity index (χ0v) is 17.7. The van der Waals surface area contributed by atoms with E-state index in [1.807, 2.05) is 35.6 Å². The molecule has 0 bridgehead atoms. The lowest BCUT2D eigenvalue weighted by atomic mass is 9.77. The smallest absolute Gasteiger partial charge is 0.233 e. The molecule has 1 atom stereocenters. The molecule has 1 aliphatic carbocycles. The minimum absolute atomic E-state index is 0.0550. The Labute approximate surface area is 181 Å². The fourth-order valence-electron chi connectivity index (χ4n) is 5.38. The van der Waals surface area contributed by atoms with Crippen molar-refractivity contribution in [3.63, 3.8) is 0 Å². The second kappa shape index (κ2) is 8.42. The van der Waals surface area contributed by atoms with Gasteiger partial charge in [-0.25, -0.2) is 4.39 Å². The van der Waals surface area contributed by atoms with Crippen LogP contribution in [0.3, 0.4) is 0 Å². The molecule has 3 aromatic rings. The summed E-state index contributed by atoms with van der Waals surface area (Å²) >= 11 is 0. The van der Waals surface area contributed by atoms with Crippen LogP contribution >= 0.6 is 0 Å². The molecule has 6 heteroatoms. The number of halogens is 1. The molecule has 1 aliphatic heterocycles. The number of rotatable bonds is 4. The third-order valence-corrected chi connectivity index (χ3v) is 6.90. The average molecular weight is 422 g/mol. The maximum Gasteiger partial charge on any atom is 0.233 e. The summed E-state index contributed by atoms with van der Waals surface area (Å²) in [5.74, 6) is -0.0666. The molecule has 1 saturated heterocycles. The summed E-state index contributed by atoms with van der Waals surface area (Å²) in [6.07, 6.45) is 9.83. The zero-order valence-electron chi connectivity index (χ0n) is 17.7. The van der Waals surface area contributed by atoms with Crippen LogP contribution in [-0.4, -0.2) is 46.5 Å². The monoisotopic (exact) mass is 421 g/mol. The van der Waals surface area contributed by atoms with Crippen LogP contribution in [0.2, 0.25) is 0 Å². The Kier molecular flexibility index (Phi) is 5.48. The maximum atomic E-state index is 14.8. The van der Waals surface area contributed by atoms with Gasteiger partial charge in [0.15, 0.2) is 0 Å². The van der Waals surface area contributed by atoms with E-state index in [2.05, 4.69) is 15.5 Å². The van der Waals surface area contributed by atoms with Gasteiger partial charge >= 0.3 is 0 Å². The van der Waals surface area contributed by atoms with Gasteiger partial charge in [-0.3, -0.25) is 9.78 Å². The summed E-state index contributed by atoms with van der Waals surface area (Å²) < 4.78 is 22.7. The summed E-state index contributed by atoms with van der Waals surface area (Å²) in [7, 11) is 0. The van der Waals surface area contributed by atoms with Gasteiger partial charge in [0, 0.05) is 43.2 Å². The molecule has 0 radical (unpaired) electrons. The van der Waals surface area contributed by atoms with Gasteiger partial charge in [-0.1, -0.05) is 31.0 Å². The predicted octanol–water partition coefficient (Wildman–Crippen LogP) is 4.00. The molecule has 0 unspecified atom stereocenters. The van der Waals surface area contributed by atoms with Crippen molar-refractivity contribution in [1.82, 2.24) is 14.3 Å². The lowest BCUT2D eigenvalue weighted by Gasteiger charge is -2.35. The highest BCUT2D eigenvalue weighted by Gasteiger charge is 2.46. The third kappa shape index (κ3) is 3.74. The van der Waals surface area contributed by atoms with Crippen LogP contribution in [0.4, 0.5) is 4.39 Å². The number of carbonyl (C=O) groups excluding carboxylic acids is 1. The van der Waals surface area contributed by atoms with Crippen molar-refractivity contribution in [2.24, 2.45) is 5.92 Å². The van der Waals surface area contributed by atoms with Crippen LogP contribution in [0.5, 0.6) is 0 Å². The number of ether oxygens (including phenoxy) is 1. The summed E-state index contributed by atoms with van der Waals surface area (Å²) in [6.45, 7) is 2.27. The molecule has 1 amide bonds. The van der Waals surface area contributed by atoms with Crippen molar-refractivity contribution in [2.45, 2.75) is 37.5 Å². The first-order chi connectivity index (χ1) is 15.2. The van der Waals surface area contributed by atoms with Crippen molar-refractivity contribution < 1.29 is 13.9 Å². The summed E-state index contributed by atoms with van der Waals surface area (Å²) in [4.78, 5) is 20.4. The number of nitrogens with zero attached hydrogens (tertiary/aromatic N) is 3. The van der Waals surface area contributed by atoms with Crippen LogP contribution < -0.4 is 0 Å². The van der Waals surface area contributed by atoms with Crippen molar-refractivity contribution >= 4 is 11.4 Å². The first-order valence-corrected chi connectivity index (χ1v) is 11.2. The molecule has 3 heterocycles. The molecule has 162 valence electrons. The van der Waals surface area contributed by atoms with E-state index in [4.69, 9.17) is 4.74 Å². The van der Waals surface area contributed by atoms with Gasteiger partial charge in [0.1, 0.15) is 5.82 Å². The molecule has 5 nitrogen and oxygen atoms in total. The normalized spacial score (nSPS) is 21.3. The second-order valence-electron chi connectivity index (χ2n) is 8.84. The number of aromatic nitrogens is 2. The van der Waals surface area contributed by atoms with Gasteiger partial charge in [-0.15, -0.1) is 0 Å². The first-order valence-electron chi connectivity index (χ1n) is 11.2. The van der Waals surface area contributed by atoms with E-state index in [1.165, 1.54) is 6.07 Å². The van der Waals surface area contributed by atoms with Gasteiger partial charge < -0.3 is 14.0 Å². The van der Waals surface area contributed by atoms with E-state index in [0.717, 1.165) is 30.5 Å². The molecule has 2 aliphatic rings. The minimum Gasteiger partial charge on any atom is -0.379 e. The van der Waals surface area contributed by atoms with Crippen LogP contribution in [0.15, 0.2) is 55.0 Å². The van der Waals surface area contributed by atoms with E-state index in [0.29, 0.717) is 44.7 Å². The van der Waals surface area contributed by atoms with Crippen LogP contribution in [0, 0.1) is 11.7 Å². The van der Waals surface area contributed by atoms with Crippen LogP contribution in [0.1, 0.15) is 36.9 Å². The van der Waals surface area contributed by atoms with Crippen molar-refractivity contribution in [3.8, 4) is 0 Å². The quantitative estimate of drug-likeness (QED) is 0.640. The Balaban J connectivity index is 1.40. The molecule has 2 fully saturated rings. The lowest BCUT2D eigenvalue weighted by Crippen LogP contribution is -2.48. The Morgan fingerprint density at radius 3 is 2.84 bits per heavy atom. The number of hydrogen-bond donors (Lipinski definition) is 0. The summed E-state index contributed by atoms with van der Waals surface area (Å²) in [6, 6.07) is 10.9. The van der Waals surface area contributed by atoms with E-state index in [1.54, 1.807) is 12.1 Å². The van der Waals surface area contributed by atoms with E-state index < -0.39 is 5.41 Å². The largest absolute Gasteiger partial charge is 0.379 e. The fraction of sp³-hybridized carbons (Fsp3) is 0.440. The molecule has 1 aromatic carbocycles. The summed E-state index contributed by atoms with van der Waals surface area (Å²) in [5.41, 5.74) is 1.90. The molecule has 1 saturated carbocycles. The zero-order chi connectivity index (χ0) is 21.3. The Morgan fingerprint density at radius 2 is 2.00 bits per heavy atom. The summed E-state index contributed by atoms with van der Waals surface area (Å²) in [5, 5.41) is 0. The number of carbonyl (C=O) groups is 1. The van der Waals surface area contributed by atoms with Crippen LogP contribution in [0.25, 0.3) is 5.52 Å². The number of amides is 1. The topological polar surface area (TPSA) is 46.8 Å². The van der Waals surface area contributed by atoms with Gasteiger partial charge in [-0.05, 0) is 37.5 Å². The standard InChI is InChI=1S/C25H28FN3O2/c26-21-7-2-1-6-20(21)25(9-3-4-10-25)24(30)29-14-15-31-18-19(17-29)16-22-23-8-5-12-28(23)13-11-27-22/h1-2,5-8,11-13,19H,3-4,9-10,14-18H2/t19-/m1/s1. The number of hydrogen-bond acceptors (Lipinski definition) is 3. The van der Waals surface area contributed by atoms with Gasteiger partial charge in [-0.2, -0.15) is 0 Å². The van der Waals surface area contributed by atoms with Gasteiger partial charge in [0.2, 0.25) is 5.91 Å². The molecule has 0 N–H and O–H groups in total. The fourth-order valence-corrected chi connectivity index (χ4v) is 5.38. The molecule has 5 rings (SSSR count). The van der Waals surface area contributed by atoms with Crippen molar-refractivity contribution in [1.29, 1.82) is 0 Å². The number of fused-ring (bicyclic) bond motifs is 1. The molecule has 31 heavy (non-hydrogen) atoms. The average Bonchev–Trinajstić information content (AvgIpc) is 3.41. The Morgan fingerprint density at radius 1 is 1.16 bits per heavy atom. The maximum absolute atomic E-state index is 14.8. The Bertz CT molecular complexity index is 1070. The molecule has 2 aromatic heterocycles. The number of benzene rings is 1. The molecular formula is C25H28FN3O2. The van der Waals surface area contributed by atoms with Gasteiger partial charge in [0.05, 0.1) is 29.8 Å². The molecule has 0 spiro atoms. The second-order valence-corrected chi connectivity index (χ2v) is 8.84. The predicted molar refractivity (Wildman–Crippen MR) is 116 cm³/mol. The SMILES string of the molecule is O=C(N1CCOC[C@H](Cc2nccn3cccc23)C1)C1(c2ccccc2F)CCCC1. The first kappa shape index (κ1) is 20.2.